The Morgan fingerprint density at radius 3 is 2.50 bits per heavy atom. The summed E-state index contributed by atoms with van der Waals surface area (Å²) in [7, 11) is 3.45. The van der Waals surface area contributed by atoms with Gasteiger partial charge in [-0.05, 0) is 36.5 Å². The Morgan fingerprint density at radius 2 is 1.88 bits per heavy atom. The summed E-state index contributed by atoms with van der Waals surface area (Å²) in [5, 5.41) is 0. The third-order valence-corrected chi connectivity index (χ3v) is 5.57. The number of amides is 3. The first-order valence-electron chi connectivity index (χ1n) is 9.32. The van der Waals surface area contributed by atoms with Gasteiger partial charge in [-0.1, -0.05) is 26.0 Å². The van der Waals surface area contributed by atoms with Crippen molar-refractivity contribution in [3.8, 4) is 5.75 Å². The SMILES string of the molecule is COc1cccc(CN2CCC3(CC2)C(=O)N(CC(C)C)C(=O)N3C)c1. The highest BCUT2D eigenvalue weighted by molar-refractivity contribution is 6.07. The molecule has 6 heteroatoms. The molecule has 1 aromatic rings. The largest absolute Gasteiger partial charge is 0.497 e. The first-order chi connectivity index (χ1) is 12.4. The summed E-state index contributed by atoms with van der Waals surface area (Å²) in [5.41, 5.74) is 0.542. The number of imide groups is 1. The van der Waals surface area contributed by atoms with E-state index < -0.39 is 5.54 Å². The second-order valence-electron chi connectivity index (χ2n) is 7.81. The Morgan fingerprint density at radius 1 is 1.19 bits per heavy atom. The first-order valence-corrected chi connectivity index (χ1v) is 9.32. The second-order valence-corrected chi connectivity index (χ2v) is 7.81. The number of methoxy groups -OCH3 is 1. The van der Waals surface area contributed by atoms with E-state index in [2.05, 4.69) is 11.0 Å². The van der Waals surface area contributed by atoms with Gasteiger partial charge in [0.1, 0.15) is 11.3 Å². The minimum Gasteiger partial charge on any atom is -0.497 e. The van der Waals surface area contributed by atoms with Crippen LogP contribution >= 0.6 is 0 Å². The lowest BCUT2D eigenvalue weighted by Gasteiger charge is -2.40. The normalized spacial score (nSPS) is 20.5. The summed E-state index contributed by atoms with van der Waals surface area (Å²) >= 11 is 0. The molecule has 0 N–H and O–H groups in total. The molecule has 2 heterocycles. The summed E-state index contributed by atoms with van der Waals surface area (Å²) in [4.78, 5) is 31.1. The van der Waals surface area contributed by atoms with Crippen molar-refractivity contribution in [3.05, 3.63) is 29.8 Å². The van der Waals surface area contributed by atoms with Crippen molar-refractivity contribution >= 4 is 11.9 Å². The van der Waals surface area contributed by atoms with Crippen LogP contribution < -0.4 is 4.74 Å². The van der Waals surface area contributed by atoms with Crippen LogP contribution in [-0.2, 0) is 11.3 Å². The molecular weight excluding hydrogens is 330 g/mol. The van der Waals surface area contributed by atoms with Crippen molar-refractivity contribution in [2.45, 2.75) is 38.8 Å². The van der Waals surface area contributed by atoms with Crippen molar-refractivity contribution in [1.82, 2.24) is 14.7 Å². The summed E-state index contributed by atoms with van der Waals surface area (Å²) in [6, 6.07) is 7.93. The molecule has 0 bridgehead atoms. The van der Waals surface area contributed by atoms with Crippen LogP contribution in [0.3, 0.4) is 0 Å². The van der Waals surface area contributed by atoms with E-state index in [-0.39, 0.29) is 17.9 Å². The quantitative estimate of drug-likeness (QED) is 0.759. The van der Waals surface area contributed by atoms with E-state index in [4.69, 9.17) is 4.74 Å². The Balaban J connectivity index is 1.67. The zero-order chi connectivity index (χ0) is 18.9. The summed E-state index contributed by atoms with van der Waals surface area (Å²) in [6.45, 7) is 6.99. The first kappa shape index (κ1) is 18.7. The molecule has 26 heavy (non-hydrogen) atoms. The molecule has 2 fully saturated rings. The molecule has 1 aromatic carbocycles. The Labute approximate surface area is 155 Å². The highest BCUT2D eigenvalue weighted by Crippen LogP contribution is 2.36. The maximum absolute atomic E-state index is 13.0. The summed E-state index contributed by atoms with van der Waals surface area (Å²) < 4.78 is 5.29. The van der Waals surface area contributed by atoms with Crippen molar-refractivity contribution in [2.24, 2.45) is 5.92 Å². The van der Waals surface area contributed by atoms with Gasteiger partial charge in [0.25, 0.3) is 5.91 Å². The number of carbonyl (C=O) groups excluding carboxylic acids is 2. The molecule has 3 amide bonds. The number of urea groups is 1. The lowest BCUT2D eigenvalue weighted by Crippen LogP contribution is -2.55. The summed E-state index contributed by atoms with van der Waals surface area (Å²) in [5.74, 6) is 1.12. The van der Waals surface area contributed by atoms with Crippen molar-refractivity contribution in [2.75, 3.05) is 33.8 Å². The number of rotatable bonds is 5. The molecule has 0 atom stereocenters. The smallest absolute Gasteiger partial charge is 0.327 e. The molecule has 2 saturated heterocycles. The predicted molar refractivity (Wildman–Crippen MR) is 99.9 cm³/mol. The third-order valence-electron chi connectivity index (χ3n) is 5.57. The lowest BCUT2D eigenvalue weighted by molar-refractivity contribution is -0.135. The fourth-order valence-corrected chi connectivity index (χ4v) is 4.03. The maximum atomic E-state index is 13.0. The fourth-order valence-electron chi connectivity index (χ4n) is 4.03. The number of hydrogen-bond donors (Lipinski definition) is 0. The van der Waals surface area contributed by atoms with Crippen molar-refractivity contribution in [3.63, 3.8) is 0 Å². The van der Waals surface area contributed by atoms with Crippen LogP contribution in [-0.4, -0.2) is 66.0 Å². The molecule has 1 spiro atoms. The number of nitrogens with zero attached hydrogens (tertiary/aromatic N) is 3. The van der Waals surface area contributed by atoms with Crippen LogP contribution in [0.2, 0.25) is 0 Å². The number of likely N-dealkylation sites (N-methyl/N-ethyl adjacent to an activating group) is 1. The van der Waals surface area contributed by atoms with Gasteiger partial charge in [0.05, 0.1) is 7.11 Å². The Hall–Kier alpha value is -2.08. The van der Waals surface area contributed by atoms with Gasteiger partial charge in [0.15, 0.2) is 0 Å². The lowest BCUT2D eigenvalue weighted by atomic mass is 9.86. The molecule has 3 rings (SSSR count). The highest BCUT2D eigenvalue weighted by Gasteiger charge is 2.56. The molecule has 0 aliphatic carbocycles. The third kappa shape index (κ3) is 3.30. The summed E-state index contributed by atoms with van der Waals surface area (Å²) in [6.07, 6.45) is 1.37. The maximum Gasteiger partial charge on any atom is 0.327 e. The molecular formula is C20H29N3O3. The van der Waals surface area contributed by atoms with Gasteiger partial charge in [-0.2, -0.15) is 0 Å². The molecule has 142 valence electrons. The van der Waals surface area contributed by atoms with Gasteiger partial charge >= 0.3 is 6.03 Å². The topological polar surface area (TPSA) is 53.1 Å². The Kier molecular flexibility index (Phi) is 5.23. The molecule has 2 aliphatic heterocycles. The van der Waals surface area contributed by atoms with Gasteiger partial charge in [-0.15, -0.1) is 0 Å². The van der Waals surface area contributed by atoms with Gasteiger partial charge < -0.3 is 9.64 Å². The number of piperidine rings is 1. The average Bonchev–Trinajstić information content (AvgIpc) is 2.80. The second kappa shape index (κ2) is 7.27. The van der Waals surface area contributed by atoms with Crippen molar-refractivity contribution < 1.29 is 14.3 Å². The van der Waals surface area contributed by atoms with Gasteiger partial charge in [0, 0.05) is 33.2 Å². The van der Waals surface area contributed by atoms with Gasteiger partial charge in [0.2, 0.25) is 0 Å². The van der Waals surface area contributed by atoms with E-state index in [9.17, 15) is 9.59 Å². The monoisotopic (exact) mass is 359 g/mol. The molecule has 0 radical (unpaired) electrons. The van der Waals surface area contributed by atoms with Crippen LogP contribution in [0, 0.1) is 5.92 Å². The number of ether oxygens (including phenoxy) is 1. The number of hydrogen-bond acceptors (Lipinski definition) is 4. The van der Waals surface area contributed by atoms with E-state index in [0.717, 1.165) is 25.4 Å². The standard InChI is InChI=1S/C20H29N3O3/c1-15(2)13-23-18(24)20(21(3)19(23)25)8-10-22(11-9-20)14-16-6-5-7-17(12-16)26-4/h5-7,12,15H,8-11,13-14H2,1-4H3. The molecule has 0 aromatic heterocycles. The fraction of sp³-hybridized carbons (Fsp3) is 0.600. The number of carbonyl (C=O) groups is 2. The zero-order valence-electron chi connectivity index (χ0n) is 16.2. The van der Waals surface area contributed by atoms with Crippen LogP contribution in [0.4, 0.5) is 4.79 Å². The van der Waals surface area contributed by atoms with Crippen LogP contribution in [0.5, 0.6) is 5.75 Å². The molecule has 6 nitrogen and oxygen atoms in total. The van der Waals surface area contributed by atoms with E-state index in [1.807, 2.05) is 32.0 Å². The predicted octanol–water partition coefficient (Wildman–Crippen LogP) is 2.58. The highest BCUT2D eigenvalue weighted by atomic mass is 16.5. The number of benzene rings is 1. The minimum atomic E-state index is -0.656. The van der Waals surface area contributed by atoms with Gasteiger partial charge in [-0.25, -0.2) is 4.79 Å². The van der Waals surface area contributed by atoms with E-state index in [1.54, 1.807) is 19.1 Å². The molecule has 0 saturated carbocycles. The van der Waals surface area contributed by atoms with E-state index in [0.29, 0.717) is 19.4 Å². The Bertz CT molecular complexity index is 681. The molecule has 2 aliphatic rings. The average molecular weight is 359 g/mol. The van der Waals surface area contributed by atoms with E-state index in [1.165, 1.54) is 10.5 Å². The van der Waals surface area contributed by atoms with Gasteiger partial charge in [-0.3, -0.25) is 14.6 Å². The molecule has 0 unspecified atom stereocenters. The van der Waals surface area contributed by atoms with Crippen LogP contribution in [0.25, 0.3) is 0 Å². The zero-order valence-corrected chi connectivity index (χ0v) is 16.2. The van der Waals surface area contributed by atoms with Crippen LogP contribution in [0.15, 0.2) is 24.3 Å². The van der Waals surface area contributed by atoms with E-state index >= 15 is 0 Å². The van der Waals surface area contributed by atoms with Crippen molar-refractivity contribution in [1.29, 1.82) is 0 Å². The van der Waals surface area contributed by atoms with Crippen LogP contribution in [0.1, 0.15) is 32.3 Å². The number of likely N-dealkylation sites (tertiary alicyclic amines) is 1. The minimum absolute atomic E-state index is 0.0141.